The van der Waals surface area contributed by atoms with Crippen LogP contribution in [-0.4, -0.2) is 14.3 Å². The second-order valence-corrected chi connectivity index (χ2v) is 8.75. The van der Waals surface area contributed by atoms with E-state index in [9.17, 15) is 17.6 Å². The molecule has 0 saturated heterocycles. The average Bonchev–Trinajstić information content (AvgIpc) is 2.64. The first kappa shape index (κ1) is 20.3. The average molecular weight is 484 g/mol. The van der Waals surface area contributed by atoms with E-state index in [2.05, 4.69) is 26.0 Å². The van der Waals surface area contributed by atoms with E-state index in [1.54, 1.807) is 12.1 Å². The van der Waals surface area contributed by atoms with Gasteiger partial charge in [0.25, 0.3) is 15.9 Å². The highest BCUT2D eigenvalue weighted by molar-refractivity contribution is 9.10. The van der Waals surface area contributed by atoms with E-state index >= 15 is 0 Å². The van der Waals surface area contributed by atoms with Crippen LogP contribution in [-0.2, 0) is 10.0 Å². The van der Waals surface area contributed by atoms with E-state index in [4.69, 9.17) is 11.6 Å². The lowest BCUT2D eigenvalue weighted by Gasteiger charge is -2.10. The summed E-state index contributed by atoms with van der Waals surface area (Å²) < 4.78 is 42.0. The molecule has 0 saturated carbocycles. The minimum atomic E-state index is -3.82. The van der Waals surface area contributed by atoms with Crippen molar-refractivity contribution in [2.75, 3.05) is 10.0 Å². The molecule has 0 aliphatic carbocycles. The number of anilines is 2. The zero-order valence-electron chi connectivity index (χ0n) is 14.1. The summed E-state index contributed by atoms with van der Waals surface area (Å²) in [5, 5.41) is 2.63. The maximum absolute atomic E-state index is 13.9. The van der Waals surface area contributed by atoms with Crippen LogP contribution >= 0.6 is 27.5 Å². The summed E-state index contributed by atoms with van der Waals surface area (Å²) >= 11 is 8.94. The second kappa shape index (κ2) is 8.30. The topological polar surface area (TPSA) is 75.3 Å². The molecule has 144 valence electrons. The van der Waals surface area contributed by atoms with Gasteiger partial charge < -0.3 is 5.32 Å². The molecule has 0 aliphatic rings. The Morgan fingerprint density at radius 2 is 1.71 bits per heavy atom. The molecule has 0 aromatic heterocycles. The molecular formula is C19H13BrClFN2O3S. The maximum atomic E-state index is 13.9. The van der Waals surface area contributed by atoms with Crippen molar-refractivity contribution in [3.05, 3.63) is 87.6 Å². The molecular weight excluding hydrogens is 471 g/mol. The lowest BCUT2D eigenvalue weighted by atomic mass is 10.2. The van der Waals surface area contributed by atoms with Gasteiger partial charge in [0.05, 0.1) is 10.6 Å². The van der Waals surface area contributed by atoms with Crippen molar-refractivity contribution in [1.29, 1.82) is 0 Å². The van der Waals surface area contributed by atoms with Crippen LogP contribution in [0.2, 0.25) is 5.02 Å². The van der Waals surface area contributed by atoms with E-state index in [-0.39, 0.29) is 26.9 Å². The van der Waals surface area contributed by atoms with Gasteiger partial charge in [-0.3, -0.25) is 9.52 Å². The number of carbonyl (C=O) groups excluding carboxylic acids is 1. The van der Waals surface area contributed by atoms with Gasteiger partial charge in [0, 0.05) is 20.7 Å². The van der Waals surface area contributed by atoms with Gasteiger partial charge in [0.15, 0.2) is 0 Å². The van der Waals surface area contributed by atoms with Gasteiger partial charge in [-0.2, -0.15) is 0 Å². The summed E-state index contributed by atoms with van der Waals surface area (Å²) in [6.07, 6.45) is 0. The second-order valence-electron chi connectivity index (χ2n) is 5.72. The maximum Gasteiger partial charge on any atom is 0.261 e. The van der Waals surface area contributed by atoms with Crippen LogP contribution in [0.4, 0.5) is 15.8 Å². The number of hydrogen-bond acceptors (Lipinski definition) is 3. The first-order valence-electron chi connectivity index (χ1n) is 7.89. The minimum Gasteiger partial charge on any atom is -0.319 e. The van der Waals surface area contributed by atoms with E-state index < -0.39 is 21.7 Å². The molecule has 9 heteroatoms. The van der Waals surface area contributed by atoms with Gasteiger partial charge in [-0.15, -0.1) is 0 Å². The third-order valence-electron chi connectivity index (χ3n) is 3.68. The molecule has 0 fully saturated rings. The normalized spacial score (nSPS) is 11.1. The smallest absolute Gasteiger partial charge is 0.261 e. The number of nitrogens with one attached hydrogen (secondary N) is 2. The molecule has 28 heavy (non-hydrogen) atoms. The Balaban J connectivity index is 1.79. The fourth-order valence-corrected chi connectivity index (χ4v) is 3.81. The molecule has 0 atom stereocenters. The van der Waals surface area contributed by atoms with Crippen molar-refractivity contribution >= 4 is 54.8 Å². The molecule has 0 unspecified atom stereocenters. The summed E-state index contributed by atoms with van der Waals surface area (Å²) in [5.41, 5.74) is 0.327. The quantitative estimate of drug-likeness (QED) is 0.517. The molecule has 0 heterocycles. The first-order chi connectivity index (χ1) is 13.2. The number of carbonyl (C=O) groups is 1. The summed E-state index contributed by atoms with van der Waals surface area (Å²) in [6, 6.07) is 15.9. The van der Waals surface area contributed by atoms with Crippen LogP contribution < -0.4 is 10.0 Å². The van der Waals surface area contributed by atoms with Gasteiger partial charge in [0.1, 0.15) is 5.82 Å². The molecule has 0 spiro atoms. The molecule has 0 aliphatic heterocycles. The molecule has 1 amide bonds. The Kier molecular flexibility index (Phi) is 6.02. The van der Waals surface area contributed by atoms with Crippen molar-refractivity contribution in [3.8, 4) is 0 Å². The van der Waals surface area contributed by atoms with Crippen molar-refractivity contribution in [3.63, 3.8) is 0 Å². The SMILES string of the molecule is O=C(Nc1ccc(Cl)cc1F)c1cccc(NS(=O)(=O)c2ccc(Br)cc2)c1. The Labute approximate surface area is 174 Å². The third-order valence-corrected chi connectivity index (χ3v) is 5.84. The first-order valence-corrected chi connectivity index (χ1v) is 10.5. The van der Waals surface area contributed by atoms with Crippen molar-refractivity contribution in [1.82, 2.24) is 0 Å². The molecule has 5 nitrogen and oxygen atoms in total. The molecule has 3 rings (SSSR count). The van der Waals surface area contributed by atoms with Crippen LogP contribution in [0.15, 0.2) is 76.1 Å². The Hall–Kier alpha value is -2.42. The molecule has 0 bridgehead atoms. The third kappa shape index (κ3) is 4.89. The van der Waals surface area contributed by atoms with Gasteiger partial charge in [0.2, 0.25) is 0 Å². The Bertz CT molecular complexity index is 1140. The van der Waals surface area contributed by atoms with Gasteiger partial charge in [-0.25, -0.2) is 12.8 Å². The van der Waals surface area contributed by atoms with Crippen LogP contribution in [0.5, 0.6) is 0 Å². The van der Waals surface area contributed by atoms with Crippen molar-refractivity contribution < 1.29 is 17.6 Å². The standard InChI is InChI=1S/C19H13BrClFN2O3S/c20-13-4-7-16(8-5-13)28(26,27)24-15-3-1-2-12(10-15)19(25)23-18-9-6-14(21)11-17(18)22/h1-11,24H,(H,23,25). The van der Waals surface area contributed by atoms with Crippen LogP contribution in [0.25, 0.3) is 0 Å². The summed E-state index contributed by atoms with van der Waals surface area (Å²) in [5.74, 6) is -1.26. The lowest BCUT2D eigenvalue weighted by molar-refractivity contribution is 0.102. The number of hydrogen-bond donors (Lipinski definition) is 2. The highest BCUT2D eigenvalue weighted by Gasteiger charge is 2.16. The molecule has 0 radical (unpaired) electrons. The largest absolute Gasteiger partial charge is 0.319 e. The predicted molar refractivity (Wildman–Crippen MR) is 111 cm³/mol. The van der Waals surface area contributed by atoms with Crippen LogP contribution in [0.3, 0.4) is 0 Å². The minimum absolute atomic E-state index is 0.0322. The van der Waals surface area contributed by atoms with E-state index in [1.165, 1.54) is 48.5 Å². The van der Waals surface area contributed by atoms with E-state index in [1.807, 2.05) is 0 Å². The van der Waals surface area contributed by atoms with E-state index in [0.29, 0.717) is 0 Å². The zero-order valence-corrected chi connectivity index (χ0v) is 17.3. The highest BCUT2D eigenvalue weighted by Crippen LogP contribution is 2.22. The van der Waals surface area contributed by atoms with Crippen molar-refractivity contribution in [2.24, 2.45) is 0 Å². The lowest BCUT2D eigenvalue weighted by Crippen LogP contribution is -2.15. The number of sulfonamides is 1. The summed E-state index contributed by atoms with van der Waals surface area (Å²) in [4.78, 5) is 12.5. The zero-order chi connectivity index (χ0) is 20.3. The number of benzene rings is 3. The number of halogens is 3. The van der Waals surface area contributed by atoms with Gasteiger partial charge >= 0.3 is 0 Å². The Morgan fingerprint density at radius 3 is 2.39 bits per heavy atom. The van der Waals surface area contributed by atoms with Crippen LogP contribution in [0, 0.1) is 5.82 Å². The molecule has 3 aromatic carbocycles. The fourth-order valence-electron chi connectivity index (χ4n) is 2.34. The monoisotopic (exact) mass is 482 g/mol. The van der Waals surface area contributed by atoms with Gasteiger partial charge in [-0.1, -0.05) is 33.6 Å². The van der Waals surface area contributed by atoms with Crippen molar-refractivity contribution in [2.45, 2.75) is 4.90 Å². The van der Waals surface area contributed by atoms with Gasteiger partial charge in [-0.05, 0) is 60.7 Å². The summed E-state index contributed by atoms with van der Waals surface area (Å²) in [7, 11) is -3.82. The fraction of sp³-hybridized carbons (Fsp3) is 0. The van der Waals surface area contributed by atoms with Crippen LogP contribution in [0.1, 0.15) is 10.4 Å². The Morgan fingerprint density at radius 1 is 1.00 bits per heavy atom. The van der Waals surface area contributed by atoms with E-state index in [0.717, 1.165) is 10.5 Å². The molecule has 3 aromatic rings. The number of amides is 1. The highest BCUT2D eigenvalue weighted by atomic mass is 79.9. The summed E-state index contributed by atoms with van der Waals surface area (Å²) in [6.45, 7) is 0. The predicted octanol–water partition coefficient (Wildman–Crippen LogP) is 5.29. The molecule has 2 N–H and O–H groups in total. The number of rotatable bonds is 5.